The largest absolute Gasteiger partial charge is 0.436 e. The summed E-state index contributed by atoms with van der Waals surface area (Å²) >= 11 is 0. The van der Waals surface area contributed by atoms with Crippen LogP contribution in [0.15, 0.2) is 12.4 Å². The molecule has 0 aliphatic rings. The third-order valence-electron chi connectivity index (χ3n) is 1.78. The molecule has 1 aromatic heterocycles. The Morgan fingerprint density at radius 2 is 2.40 bits per heavy atom. The second-order valence-electron chi connectivity index (χ2n) is 2.92. The van der Waals surface area contributed by atoms with Gasteiger partial charge in [-0.3, -0.25) is 0 Å². The van der Waals surface area contributed by atoms with Crippen molar-refractivity contribution in [2.45, 2.75) is 19.6 Å². The number of ether oxygens (including phenoxy) is 1. The quantitative estimate of drug-likeness (QED) is 0.407. The molecule has 0 aliphatic carbocycles. The number of aromatic nitrogens is 2. The van der Waals surface area contributed by atoms with Gasteiger partial charge in [-0.2, -0.15) is 0 Å². The first-order valence-electron chi connectivity index (χ1n) is 4.60. The normalized spacial score (nSPS) is 10.5. The van der Waals surface area contributed by atoms with E-state index >= 15 is 0 Å². The van der Waals surface area contributed by atoms with Crippen LogP contribution in [-0.2, 0) is 11.5 Å². The van der Waals surface area contributed by atoms with Crippen LogP contribution in [0.1, 0.15) is 12.8 Å². The second kappa shape index (κ2) is 6.10. The average Bonchev–Trinajstić information content (AvgIpc) is 2.66. The Balaban J connectivity index is 2.31. The SMILES string of the molecule is O=[N+]([O-])c1nccn1COCCCCO. The zero-order chi connectivity index (χ0) is 11.1. The van der Waals surface area contributed by atoms with Crippen molar-refractivity contribution in [3.05, 3.63) is 22.5 Å². The Morgan fingerprint density at radius 1 is 1.60 bits per heavy atom. The zero-order valence-electron chi connectivity index (χ0n) is 8.20. The predicted molar refractivity (Wildman–Crippen MR) is 51.2 cm³/mol. The fraction of sp³-hybridized carbons (Fsp3) is 0.625. The van der Waals surface area contributed by atoms with Gasteiger partial charge in [0.1, 0.15) is 12.4 Å². The van der Waals surface area contributed by atoms with E-state index in [2.05, 4.69) is 4.98 Å². The Bertz CT molecular complexity index is 313. The Morgan fingerprint density at radius 3 is 3.07 bits per heavy atom. The maximum absolute atomic E-state index is 10.5. The number of hydrogen-bond acceptors (Lipinski definition) is 5. The molecule has 0 aliphatic heterocycles. The standard InChI is InChI=1S/C8H13N3O4/c12-5-1-2-6-15-7-10-4-3-9-8(10)11(13)14/h3-4,12H,1-2,5-7H2. The molecule has 84 valence electrons. The van der Waals surface area contributed by atoms with Crippen molar-refractivity contribution in [3.63, 3.8) is 0 Å². The first-order valence-corrected chi connectivity index (χ1v) is 4.60. The van der Waals surface area contributed by atoms with Gasteiger partial charge in [-0.25, -0.2) is 4.57 Å². The van der Waals surface area contributed by atoms with E-state index in [1.807, 2.05) is 0 Å². The summed E-state index contributed by atoms with van der Waals surface area (Å²) in [5.74, 6) is -0.225. The van der Waals surface area contributed by atoms with Gasteiger partial charge in [-0.15, -0.1) is 0 Å². The Kier molecular flexibility index (Phi) is 4.72. The summed E-state index contributed by atoms with van der Waals surface area (Å²) in [4.78, 5) is 13.5. The third-order valence-corrected chi connectivity index (χ3v) is 1.78. The molecule has 7 heteroatoms. The van der Waals surface area contributed by atoms with E-state index in [1.165, 1.54) is 17.0 Å². The van der Waals surface area contributed by atoms with Crippen LogP contribution in [-0.4, -0.2) is 32.8 Å². The predicted octanol–water partition coefficient (Wildman–Crippen LogP) is 0.538. The lowest BCUT2D eigenvalue weighted by Crippen LogP contribution is -2.06. The minimum Gasteiger partial charge on any atom is -0.396 e. The van der Waals surface area contributed by atoms with Crippen molar-refractivity contribution in [2.75, 3.05) is 13.2 Å². The van der Waals surface area contributed by atoms with Gasteiger partial charge in [-0.05, 0) is 17.8 Å². The van der Waals surface area contributed by atoms with Crippen LogP contribution in [0.2, 0.25) is 0 Å². The molecule has 0 fully saturated rings. The zero-order valence-corrected chi connectivity index (χ0v) is 8.20. The minimum absolute atomic E-state index is 0.113. The van der Waals surface area contributed by atoms with Gasteiger partial charge in [0.05, 0.1) is 6.61 Å². The summed E-state index contributed by atoms with van der Waals surface area (Å²) < 4.78 is 6.50. The number of nitrogens with zero attached hydrogens (tertiary/aromatic N) is 3. The van der Waals surface area contributed by atoms with Gasteiger partial charge in [0.15, 0.2) is 6.73 Å². The fourth-order valence-electron chi connectivity index (χ4n) is 1.05. The van der Waals surface area contributed by atoms with Crippen LogP contribution in [0.3, 0.4) is 0 Å². The van der Waals surface area contributed by atoms with Gasteiger partial charge < -0.3 is 20.0 Å². The molecule has 0 saturated heterocycles. The summed E-state index contributed by atoms with van der Waals surface area (Å²) in [6, 6.07) is 0. The van der Waals surface area contributed by atoms with Gasteiger partial charge in [0.2, 0.25) is 0 Å². The summed E-state index contributed by atoms with van der Waals surface area (Å²) in [7, 11) is 0. The van der Waals surface area contributed by atoms with Gasteiger partial charge in [0.25, 0.3) is 0 Å². The number of unbranched alkanes of at least 4 members (excludes halogenated alkanes) is 1. The summed E-state index contributed by atoms with van der Waals surface area (Å²) in [5.41, 5.74) is 0. The maximum Gasteiger partial charge on any atom is 0.436 e. The highest BCUT2D eigenvalue weighted by atomic mass is 16.6. The monoisotopic (exact) mass is 215 g/mol. The molecule has 1 rings (SSSR count). The number of rotatable bonds is 7. The number of nitro groups is 1. The molecule has 1 heterocycles. The van der Waals surface area contributed by atoms with Crippen LogP contribution in [0.25, 0.3) is 0 Å². The molecular formula is C8H13N3O4. The summed E-state index contributed by atoms with van der Waals surface area (Å²) in [5, 5.41) is 19.0. The smallest absolute Gasteiger partial charge is 0.396 e. The highest BCUT2D eigenvalue weighted by molar-refractivity contribution is 5.05. The lowest BCUT2D eigenvalue weighted by Gasteiger charge is -2.02. The van der Waals surface area contributed by atoms with Gasteiger partial charge in [0, 0.05) is 6.61 Å². The third kappa shape index (κ3) is 3.64. The van der Waals surface area contributed by atoms with Gasteiger partial charge >= 0.3 is 5.95 Å². The molecule has 0 aromatic carbocycles. The molecular weight excluding hydrogens is 202 g/mol. The molecule has 0 spiro atoms. The molecule has 0 saturated carbocycles. The van der Waals surface area contributed by atoms with Crippen LogP contribution < -0.4 is 0 Å². The molecule has 1 aromatic rings. The van der Waals surface area contributed by atoms with E-state index < -0.39 is 4.92 Å². The molecule has 7 nitrogen and oxygen atoms in total. The maximum atomic E-state index is 10.5. The van der Waals surface area contributed by atoms with E-state index in [1.54, 1.807) is 0 Å². The summed E-state index contributed by atoms with van der Waals surface area (Å²) in [6.07, 6.45) is 4.25. The molecule has 0 radical (unpaired) electrons. The molecule has 1 N–H and O–H groups in total. The van der Waals surface area contributed by atoms with Crippen LogP contribution >= 0.6 is 0 Å². The molecule has 0 unspecified atom stereocenters. The Hall–Kier alpha value is -1.47. The van der Waals surface area contributed by atoms with E-state index in [0.717, 1.165) is 6.42 Å². The molecule has 0 amide bonds. The second-order valence-corrected chi connectivity index (χ2v) is 2.92. The summed E-state index contributed by atoms with van der Waals surface area (Å²) in [6.45, 7) is 0.715. The molecule has 15 heavy (non-hydrogen) atoms. The average molecular weight is 215 g/mol. The fourth-order valence-corrected chi connectivity index (χ4v) is 1.05. The lowest BCUT2D eigenvalue weighted by molar-refractivity contribution is -0.397. The molecule has 0 bridgehead atoms. The highest BCUT2D eigenvalue weighted by Gasteiger charge is 2.12. The van der Waals surface area contributed by atoms with Gasteiger partial charge in [-0.1, -0.05) is 4.98 Å². The number of hydrogen-bond donors (Lipinski definition) is 1. The Labute approximate surface area is 86.5 Å². The van der Waals surface area contributed by atoms with Crippen molar-refractivity contribution in [1.29, 1.82) is 0 Å². The van der Waals surface area contributed by atoms with Crippen LogP contribution in [0.5, 0.6) is 0 Å². The topological polar surface area (TPSA) is 90.4 Å². The lowest BCUT2D eigenvalue weighted by atomic mass is 10.3. The van der Waals surface area contributed by atoms with Crippen molar-refractivity contribution < 1.29 is 14.8 Å². The van der Waals surface area contributed by atoms with E-state index in [0.29, 0.717) is 13.0 Å². The number of aliphatic hydroxyl groups is 1. The van der Waals surface area contributed by atoms with Crippen molar-refractivity contribution in [1.82, 2.24) is 9.55 Å². The van der Waals surface area contributed by atoms with Crippen molar-refractivity contribution >= 4 is 5.95 Å². The van der Waals surface area contributed by atoms with Crippen molar-refractivity contribution in [3.8, 4) is 0 Å². The first-order chi connectivity index (χ1) is 7.25. The van der Waals surface area contributed by atoms with E-state index in [4.69, 9.17) is 9.84 Å². The van der Waals surface area contributed by atoms with E-state index in [9.17, 15) is 10.1 Å². The van der Waals surface area contributed by atoms with E-state index in [-0.39, 0.29) is 19.3 Å². The first kappa shape index (κ1) is 11.6. The van der Waals surface area contributed by atoms with Crippen LogP contribution in [0.4, 0.5) is 5.95 Å². The number of aliphatic hydroxyl groups excluding tert-OH is 1. The van der Waals surface area contributed by atoms with Crippen LogP contribution in [0, 0.1) is 10.1 Å². The number of imidazole rings is 1. The minimum atomic E-state index is -0.558. The highest BCUT2D eigenvalue weighted by Crippen LogP contribution is 2.07. The van der Waals surface area contributed by atoms with Crippen molar-refractivity contribution in [2.24, 2.45) is 0 Å². The molecule has 0 atom stereocenters.